The van der Waals surface area contributed by atoms with Crippen LogP contribution in [-0.2, 0) is 14.3 Å². The van der Waals surface area contributed by atoms with E-state index in [9.17, 15) is 14.7 Å². The maximum absolute atomic E-state index is 12.8. The molecule has 2 bridgehead atoms. The van der Waals surface area contributed by atoms with E-state index < -0.39 is 12.2 Å². The Bertz CT molecular complexity index is 598. The monoisotopic (exact) mass is 272 g/mol. The number of fused-ring (bicyclic) bond motifs is 5. The number of rotatable bonds is 1. The predicted molar refractivity (Wildman–Crippen MR) is 70.7 cm³/mol. The number of carbonyl (C=O) groups is 2. The second-order valence-electron chi connectivity index (χ2n) is 6.04. The van der Waals surface area contributed by atoms with Crippen LogP contribution in [-0.4, -0.2) is 36.0 Å². The molecule has 0 amide bonds. The third-order valence-electron chi connectivity index (χ3n) is 5.19. The van der Waals surface area contributed by atoms with Gasteiger partial charge in [-0.2, -0.15) is 0 Å². The van der Waals surface area contributed by atoms with Gasteiger partial charge in [-0.15, -0.1) is 0 Å². The minimum absolute atomic E-state index is 0.00306. The van der Waals surface area contributed by atoms with Crippen LogP contribution in [0.5, 0.6) is 0 Å². The van der Waals surface area contributed by atoms with Gasteiger partial charge in [-0.25, -0.2) is 0 Å². The van der Waals surface area contributed by atoms with Crippen LogP contribution in [0.2, 0.25) is 0 Å². The Kier molecular flexibility index (Phi) is 2.44. The van der Waals surface area contributed by atoms with Gasteiger partial charge in [-0.3, -0.25) is 9.59 Å². The summed E-state index contributed by atoms with van der Waals surface area (Å²) in [6.07, 6.45) is 6.74. The smallest absolute Gasteiger partial charge is 0.166 e. The third-order valence-corrected chi connectivity index (χ3v) is 5.19. The molecular weight excluding hydrogens is 256 g/mol. The highest BCUT2D eigenvalue weighted by Crippen LogP contribution is 2.53. The molecule has 4 rings (SSSR count). The van der Waals surface area contributed by atoms with Crippen LogP contribution in [0.1, 0.15) is 6.42 Å². The van der Waals surface area contributed by atoms with Gasteiger partial charge in [0.2, 0.25) is 0 Å². The van der Waals surface area contributed by atoms with Crippen molar-refractivity contribution in [2.75, 3.05) is 7.11 Å². The zero-order chi connectivity index (χ0) is 14.0. The van der Waals surface area contributed by atoms with Crippen molar-refractivity contribution in [1.82, 2.24) is 0 Å². The predicted octanol–water partition coefficient (Wildman–Crippen LogP) is 0.819. The fourth-order valence-electron chi connectivity index (χ4n) is 4.36. The summed E-state index contributed by atoms with van der Waals surface area (Å²) in [6.45, 7) is 0. The first-order valence-electron chi connectivity index (χ1n) is 7.03. The number of hydrogen-bond donors (Lipinski definition) is 1. The average Bonchev–Trinajstić information content (AvgIpc) is 3.05. The van der Waals surface area contributed by atoms with E-state index in [1.165, 1.54) is 7.11 Å². The van der Waals surface area contributed by atoms with E-state index >= 15 is 0 Å². The number of methoxy groups -OCH3 is 1. The van der Waals surface area contributed by atoms with Crippen molar-refractivity contribution in [3.05, 3.63) is 35.5 Å². The molecule has 0 spiro atoms. The molecule has 4 nitrogen and oxygen atoms in total. The molecule has 2 unspecified atom stereocenters. The number of ether oxygens (including phenoxy) is 1. The van der Waals surface area contributed by atoms with Crippen LogP contribution in [0.4, 0.5) is 0 Å². The molecule has 4 aliphatic carbocycles. The number of aliphatic hydroxyl groups is 1. The largest absolute Gasteiger partial charge is 0.384 e. The lowest BCUT2D eigenvalue weighted by Crippen LogP contribution is -2.46. The van der Waals surface area contributed by atoms with Crippen LogP contribution >= 0.6 is 0 Å². The fourth-order valence-corrected chi connectivity index (χ4v) is 4.36. The lowest BCUT2D eigenvalue weighted by Gasteiger charge is -2.37. The summed E-state index contributed by atoms with van der Waals surface area (Å²) in [6, 6.07) is 0. The molecule has 6 atom stereocenters. The Morgan fingerprint density at radius 2 is 1.60 bits per heavy atom. The van der Waals surface area contributed by atoms with Gasteiger partial charge in [0.25, 0.3) is 0 Å². The van der Waals surface area contributed by atoms with E-state index in [4.69, 9.17) is 4.74 Å². The standard InChI is InChI=1S/C16H16O4/c1-20-10-5-4-9(17)13-14(10)16(19)12-8-3-2-7(6-8)11(12)15(13)18/h2-5,7-12,17H,6H2,1H3/t7-,8+,9?,10?,11-,12+/m1/s1. The van der Waals surface area contributed by atoms with E-state index in [2.05, 4.69) is 12.2 Å². The molecular formula is C16H16O4. The van der Waals surface area contributed by atoms with Crippen molar-refractivity contribution < 1.29 is 19.4 Å². The Labute approximate surface area is 116 Å². The summed E-state index contributed by atoms with van der Waals surface area (Å²) >= 11 is 0. The van der Waals surface area contributed by atoms with Crippen molar-refractivity contribution in [2.24, 2.45) is 23.7 Å². The maximum Gasteiger partial charge on any atom is 0.166 e. The molecule has 0 radical (unpaired) electrons. The minimum atomic E-state index is -0.975. The lowest BCUT2D eigenvalue weighted by molar-refractivity contribution is -0.132. The van der Waals surface area contributed by atoms with Crippen molar-refractivity contribution in [2.45, 2.75) is 18.6 Å². The molecule has 0 heterocycles. The first kappa shape index (κ1) is 12.2. The van der Waals surface area contributed by atoms with Crippen LogP contribution in [0, 0.1) is 23.7 Å². The van der Waals surface area contributed by atoms with E-state index in [0.717, 1.165) is 6.42 Å². The highest BCUT2D eigenvalue weighted by atomic mass is 16.5. The second-order valence-corrected chi connectivity index (χ2v) is 6.04. The molecule has 0 aromatic heterocycles. The van der Waals surface area contributed by atoms with Gasteiger partial charge in [0.05, 0.1) is 0 Å². The van der Waals surface area contributed by atoms with Crippen LogP contribution in [0.25, 0.3) is 0 Å². The first-order chi connectivity index (χ1) is 9.63. The second kappa shape index (κ2) is 3.99. The molecule has 1 N–H and O–H groups in total. The van der Waals surface area contributed by atoms with Crippen molar-refractivity contribution in [1.29, 1.82) is 0 Å². The Hall–Kier alpha value is -1.52. The van der Waals surface area contributed by atoms with Crippen molar-refractivity contribution in [3.63, 3.8) is 0 Å². The van der Waals surface area contributed by atoms with Gasteiger partial charge < -0.3 is 9.84 Å². The van der Waals surface area contributed by atoms with Crippen molar-refractivity contribution >= 4 is 11.6 Å². The molecule has 1 fully saturated rings. The number of hydrogen-bond acceptors (Lipinski definition) is 4. The van der Waals surface area contributed by atoms with Gasteiger partial charge in [-0.1, -0.05) is 24.3 Å². The van der Waals surface area contributed by atoms with Crippen molar-refractivity contribution in [3.8, 4) is 0 Å². The highest BCUT2D eigenvalue weighted by Gasteiger charge is 2.57. The zero-order valence-corrected chi connectivity index (χ0v) is 11.2. The van der Waals surface area contributed by atoms with Crippen LogP contribution < -0.4 is 0 Å². The van der Waals surface area contributed by atoms with Gasteiger partial charge >= 0.3 is 0 Å². The van der Waals surface area contributed by atoms with Gasteiger partial charge in [-0.05, 0) is 18.3 Å². The number of aliphatic hydroxyl groups excluding tert-OH is 1. The Morgan fingerprint density at radius 3 is 2.20 bits per heavy atom. The molecule has 0 aliphatic heterocycles. The summed E-state index contributed by atoms with van der Waals surface area (Å²) in [5.41, 5.74) is 0.654. The summed E-state index contributed by atoms with van der Waals surface area (Å²) in [5.74, 6) is -0.231. The Balaban J connectivity index is 1.86. The van der Waals surface area contributed by atoms with E-state index in [-0.39, 0.29) is 40.8 Å². The number of Topliss-reactive ketones (excluding diaryl/α,β-unsaturated/α-hetero) is 2. The van der Waals surface area contributed by atoms with Crippen LogP contribution in [0.3, 0.4) is 0 Å². The first-order valence-corrected chi connectivity index (χ1v) is 7.03. The zero-order valence-electron chi connectivity index (χ0n) is 11.2. The molecule has 104 valence electrons. The molecule has 20 heavy (non-hydrogen) atoms. The molecule has 4 aliphatic rings. The summed E-state index contributed by atoms with van der Waals surface area (Å²) < 4.78 is 5.31. The van der Waals surface area contributed by atoms with Gasteiger partial charge in [0.15, 0.2) is 11.6 Å². The molecule has 1 saturated carbocycles. The SMILES string of the molecule is COC1C=CC(O)C2=C1C(=O)[C@@H]1[C@H](C2=O)[C@@H]2C=C[C@H]1C2. The summed E-state index contributed by atoms with van der Waals surface area (Å²) in [4.78, 5) is 25.6. The summed E-state index contributed by atoms with van der Waals surface area (Å²) in [7, 11) is 1.52. The number of allylic oxidation sites excluding steroid dienone is 2. The fraction of sp³-hybridized carbons (Fsp3) is 0.500. The van der Waals surface area contributed by atoms with E-state index in [1.54, 1.807) is 12.2 Å². The van der Waals surface area contributed by atoms with E-state index in [0.29, 0.717) is 5.57 Å². The quantitative estimate of drug-likeness (QED) is 0.718. The molecule has 0 aromatic carbocycles. The normalized spacial score (nSPS) is 45.1. The summed E-state index contributed by atoms with van der Waals surface area (Å²) in [5, 5.41) is 10.1. The highest BCUT2D eigenvalue weighted by molar-refractivity contribution is 6.16. The van der Waals surface area contributed by atoms with E-state index in [1.807, 2.05) is 0 Å². The Morgan fingerprint density at radius 1 is 1.00 bits per heavy atom. The van der Waals surface area contributed by atoms with Crippen LogP contribution in [0.15, 0.2) is 35.5 Å². The minimum Gasteiger partial charge on any atom is -0.384 e. The molecule has 0 aromatic rings. The third kappa shape index (κ3) is 1.33. The van der Waals surface area contributed by atoms with Gasteiger partial charge in [0, 0.05) is 30.1 Å². The topological polar surface area (TPSA) is 63.6 Å². The maximum atomic E-state index is 12.8. The molecule has 0 saturated heterocycles. The molecule has 4 heteroatoms. The lowest BCUT2D eigenvalue weighted by atomic mass is 9.66. The average molecular weight is 272 g/mol. The number of ketones is 2. The number of carbonyl (C=O) groups excluding carboxylic acids is 2. The van der Waals surface area contributed by atoms with Gasteiger partial charge in [0.1, 0.15) is 12.2 Å².